The van der Waals surface area contributed by atoms with Crippen LogP contribution in [0, 0.1) is 0 Å². The summed E-state index contributed by atoms with van der Waals surface area (Å²) in [5.41, 5.74) is 0. The molecule has 0 fully saturated rings. The first kappa shape index (κ1) is 7.10. The molecule has 2 rings (SSSR count). The zero-order valence-electron chi connectivity index (χ0n) is 6.60. The molecule has 1 aliphatic rings. The number of benzene rings is 1. The molecule has 0 saturated heterocycles. The Labute approximate surface area is 70.5 Å². The molecule has 0 amide bonds. The number of hydrogen-bond donors (Lipinski definition) is 0. The molecule has 2 nitrogen and oxygen atoms in total. The second-order valence-electron chi connectivity index (χ2n) is 2.53. The maximum absolute atomic E-state index is 5.14. The molecule has 12 heavy (non-hydrogen) atoms. The Morgan fingerprint density at radius 1 is 1.25 bits per heavy atom. The van der Waals surface area contributed by atoms with Crippen molar-refractivity contribution in [1.29, 1.82) is 0 Å². The lowest BCUT2D eigenvalue weighted by Gasteiger charge is -1.95. The number of para-hydroxylation sites is 1. The maximum atomic E-state index is 5.14. The van der Waals surface area contributed by atoms with Gasteiger partial charge in [0.2, 0.25) is 0 Å². The Bertz CT molecular complexity index is 367. The summed E-state index contributed by atoms with van der Waals surface area (Å²) >= 11 is 0. The second-order valence-corrected chi connectivity index (χ2v) is 2.53. The van der Waals surface area contributed by atoms with Crippen LogP contribution < -0.4 is 10.6 Å². The van der Waals surface area contributed by atoms with Crippen molar-refractivity contribution in [3.05, 3.63) is 47.2 Å². The van der Waals surface area contributed by atoms with Crippen molar-refractivity contribution in [1.82, 2.24) is 0 Å². The largest absolute Gasteiger partial charge is 0.472 e. The molecule has 0 aliphatic carbocycles. The second kappa shape index (κ2) is 3.22. The van der Waals surface area contributed by atoms with Crippen molar-refractivity contribution in [3.63, 3.8) is 0 Å². The van der Waals surface area contributed by atoms with Crippen molar-refractivity contribution >= 4 is 6.26 Å². The first-order valence-electron chi connectivity index (χ1n) is 3.87. The van der Waals surface area contributed by atoms with E-state index in [4.69, 9.17) is 4.74 Å². The lowest BCUT2D eigenvalue weighted by molar-refractivity contribution is 0.457. The average molecular weight is 159 g/mol. The van der Waals surface area contributed by atoms with Crippen LogP contribution in [-0.4, -0.2) is 6.54 Å². The smallest absolute Gasteiger partial charge is 0.0995 e. The van der Waals surface area contributed by atoms with E-state index in [9.17, 15) is 0 Å². The Hall–Kier alpha value is -1.57. The van der Waals surface area contributed by atoms with Crippen molar-refractivity contribution in [2.24, 2.45) is 4.99 Å². The molecule has 0 spiro atoms. The molecule has 2 heteroatoms. The molecule has 0 bridgehead atoms. The minimum absolute atomic E-state index is 0.685. The topological polar surface area (TPSA) is 21.6 Å². The Balaban J connectivity index is 2.66. The molecule has 0 unspecified atom stereocenters. The molecule has 0 radical (unpaired) electrons. The van der Waals surface area contributed by atoms with Crippen molar-refractivity contribution in [3.8, 4) is 0 Å². The van der Waals surface area contributed by atoms with Crippen LogP contribution in [-0.2, 0) is 4.74 Å². The van der Waals surface area contributed by atoms with Gasteiger partial charge in [-0.25, -0.2) is 0 Å². The van der Waals surface area contributed by atoms with Gasteiger partial charge in [0.05, 0.1) is 24.4 Å². The van der Waals surface area contributed by atoms with Gasteiger partial charge in [-0.2, -0.15) is 0 Å². The Kier molecular flexibility index (Phi) is 1.90. The summed E-state index contributed by atoms with van der Waals surface area (Å²) in [7, 11) is 0. The summed E-state index contributed by atoms with van der Waals surface area (Å²) < 4.78 is 5.14. The fraction of sp³-hybridized carbons (Fsp3) is 0.100. The van der Waals surface area contributed by atoms with Crippen LogP contribution in [0.4, 0.5) is 0 Å². The fourth-order valence-corrected chi connectivity index (χ4v) is 1.09. The highest BCUT2D eigenvalue weighted by molar-refractivity contribution is 5.18. The highest BCUT2D eigenvalue weighted by atomic mass is 16.5. The molecule has 1 aliphatic heterocycles. The van der Waals surface area contributed by atoms with Crippen LogP contribution in [0.1, 0.15) is 0 Å². The first-order chi connectivity index (χ1) is 5.97. The van der Waals surface area contributed by atoms with Gasteiger partial charge in [-0.05, 0) is 18.2 Å². The van der Waals surface area contributed by atoms with E-state index >= 15 is 0 Å². The van der Waals surface area contributed by atoms with E-state index in [0.29, 0.717) is 6.54 Å². The molecule has 0 N–H and O–H groups in total. The third-order valence-electron chi connectivity index (χ3n) is 1.67. The van der Waals surface area contributed by atoms with Gasteiger partial charge in [-0.3, -0.25) is 4.99 Å². The molecule has 0 atom stereocenters. The molecular weight excluding hydrogens is 150 g/mol. The summed E-state index contributed by atoms with van der Waals surface area (Å²) in [5.74, 6) is 0. The van der Waals surface area contributed by atoms with Gasteiger partial charge >= 0.3 is 0 Å². The van der Waals surface area contributed by atoms with Gasteiger partial charge in [0.1, 0.15) is 0 Å². The molecule has 0 saturated carbocycles. The molecule has 1 aromatic carbocycles. The summed E-state index contributed by atoms with van der Waals surface area (Å²) in [6.07, 6.45) is 5.24. The molecule has 0 aromatic heterocycles. The quantitative estimate of drug-likeness (QED) is 0.543. The van der Waals surface area contributed by atoms with Gasteiger partial charge in [0.25, 0.3) is 0 Å². The van der Waals surface area contributed by atoms with Crippen LogP contribution in [0.25, 0.3) is 6.26 Å². The predicted molar refractivity (Wildman–Crippen MR) is 46.8 cm³/mol. The summed E-state index contributed by atoms with van der Waals surface area (Å²) in [6.45, 7) is 0.685. The Morgan fingerprint density at radius 2 is 2.17 bits per heavy atom. The zero-order valence-corrected chi connectivity index (χ0v) is 6.60. The van der Waals surface area contributed by atoms with Crippen LogP contribution >= 0.6 is 0 Å². The molecule has 60 valence electrons. The zero-order chi connectivity index (χ0) is 8.23. The highest BCUT2D eigenvalue weighted by Gasteiger charge is 1.86. The summed E-state index contributed by atoms with van der Waals surface area (Å²) in [4.78, 5) is 4.35. The van der Waals surface area contributed by atoms with Crippen LogP contribution in [0.2, 0.25) is 0 Å². The number of rotatable bonds is 0. The van der Waals surface area contributed by atoms with Gasteiger partial charge in [-0.15, -0.1) is 0 Å². The number of fused-ring (bicyclic) bond motifs is 1. The summed E-state index contributed by atoms with van der Waals surface area (Å²) in [5, 5.41) is 2.02. The molecule has 1 aromatic rings. The molecule has 1 heterocycles. The van der Waals surface area contributed by atoms with Gasteiger partial charge in [0.15, 0.2) is 0 Å². The number of ether oxygens (including phenoxy) is 1. The molecular formula is C10H9NO. The number of nitrogens with zero attached hydrogens (tertiary/aromatic N) is 1. The third kappa shape index (κ3) is 1.37. The van der Waals surface area contributed by atoms with Gasteiger partial charge < -0.3 is 4.74 Å². The van der Waals surface area contributed by atoms with E-state index < -0.39 is 0 Å². The van der Waals surface area contributed by atoms with Crippen molar-refractivity contribution in [2.75, 3.05) is 6.54 Å². The third-order valence-corrected chi connectivity index (χ3v) is 1.67. The van der Waals surface area contributed by atoms with E-state index in [2.05, 4.69) is 4.99 Å². The van der Waals surface area contributed by atoms with E-state index in [1.54, 1.807) is 12.5 Å². The van der Waals surface area contributed by atoms with Crippen molar-refractivity contribution < 1.29 is 4.74 Å². The average Bonchev–Trinajstić information content (AvgIpc) is 2.06. The lowest BCUT2D eigenvalue weighted by atomic mass is 10.3. The van der Waals surface area contributed by atoms with E-state index in [1.807, 2.05) is 30.3 Å². The predicted octanol–water partition coefficient (Wildman–Crippen LogP) is 0.588. The van der Waals surface area contributed by atoms with Gasteiger partial charge in [-0.1, -0.05) is 12.1 Å². The maximum Gasteiger partial charge on any atom is 0.0995 e. The normalized spacial score (nSPS) is 17.2. The van der Waals surface area contributed by atoms with E-state index in [1.165, 1.54) is 0 Å². The fourth-order valence-electron chi connectivity index (χ4n) is 1.09. The van der Waals surface area contributed by atoms with Gasteiger partial charge in [0, 0.05) is 5.22 Å². The first-order valence-corrected chi connectivity index (χ1v) is 3.87. The van der Waals surface area contributed by atoms with E-state index in [0.717, 1.165) is 10.6 Å². The van der Waals surface area contributed by atoms with E-state index in [-0.39, 0.29) is 0 Å². The van der Waals surface area contributed by atoms with Crippen molar-refractivity contribution in [2.45, 2.75) is 0 Å². The minimum Gasteiger partial charge on any atom is -0.472 e. The standard InChI is InChI=1S/C10H9NO/c1-2-5-10-9(4-1)8-12-7-3-6-11-10/h1-5,7-8H,6H2/b7-3?,9-8-,11-10?. The summed E-state index contributed by atoms with van der Waals surface area (Å²) in [6, 6.07) is 7.91. The van der Waals surface area contributed by atoms with Crippen LogP contribution in [0.15, 0.2) is 41.6 Å². The minimum atomic E-state index is 0.685. The number of hydrogen-bond acceptors (Lipinski definition) is 2. The van der Waals surface area contributed by atoms with Crippen LogP contribution in [0.3, 0.4) is 0 Å². The lowest BCUT2D eigenvalue weighted by Crippen LogP contribution is -2.25. The monoisotopic (exact) mass is 159 g/mol. The SMILES string of the molecule is C1=CO/C=c2/ccccc2=NC1. The Morgan fingerprint density at radius 3 is 3.17 bits per heavy atom. The highest BCUT2D eigenvalue weighted by Crippen LogP contribution is 1.83. The van der Waals surface area contributed by atoms with Crippen LogP contribution in [0.5, 0.6) is 0 Å².